The third-order valence-corrected chi connectivity index (χ3v) is 3.04. The molecule has 0 aromatic carbocycles. The Morgan fingerprint density at radius 2 is 1.33 bits per heavy atom. The highest BCUT2D eigenvalue weighted by atomic mass is 15.0. The van der Waals surface area contributed by atoms with Gasteiger partial charge in [-0.15, -0.1) is 0 Å². The molecule has 1 heteroatoms. The van der Waals surface area contributed by atoms with E-state index in [1.807, 2.05) is 0 Å². The van der Waals surface area contributed by atoms with Crippen LogP contribution in [0.2, 0.25) is 0 Å². The Kier molecular flexibility index (Phi) is 4.25. The highest BCUT2D eigenvalue weighted by Crippen LogP contribution is 2.17. The predicted octanol–water partition coefficient (Wildman–Crippen LogP) is 3.06. The van der Waals surface area contributed by atoms with Gasteiger partial charge in [0.1, 0.15) is 0 Å². The Bertz CT molecular complexity index is 125. The molecule has 1 N–H and O–H groups in total. The van der Waals surface area contributed by atoms with Crippen LogP contribution in [0.25, 0.3) is 0 Å². The number of hydrogen-bond donors (Lipinski definition) is 1. The Morgan fingerprint density at radius 1 is 0.917 bits per heavy atom. The molecule has 0 fully saturated rings. The van der Waals surface area contributed by atoms with E-state index in [1.165, 1.54) is 0 Å². The molecular weight excluding hydrogens is 146 g/mol. The average Bonchev–Trinajstić information content (AvgIpc) is 1.85. The summed E-state index contributed by atoms with van der Waals surface area (Å²) in [7, 11) is 0. The van der Waals surface area contributed by atoms with Crippen molar-refractivity contribution < 1.29 is 0 Å². The van der Waals surface area contributed by atoms with E-state index < -0.39 is 0 Å². The molecule has 0 spiro atoms. The zero-order valence-corrected chi connectivity index (χ0v) is 9.73. The second-order valence-corrected chi connectivity index (χ2v) is 5.05. The van der Waals surface area contributed by atoms with Crippen molar-refractivity contribution in [2.45, 2.75) is 60.0 Å². The minimum atomic E-state index is 0.254. The SMILES string of the molecule is CC(C)C(C)NC(C)(C)C(C)C. The van der Waals surface area contributed by atoms with Gasteiger partial charge in [0.15, 0.2) is 0 Å². The first kappa shape index (κ1) is 12.0. The fourth-order valence-electron chi connectivity index (χ4n) is 0.920. The summed E-state index contributed by atoms with van der Waals surface area (Å²) in [6.07, 6.45) is 0. The maximum Gasteiger partial charge on any atom is 0.0150 e. The molecule has 1 atom stereocenters. The molecule has 0 aliphatic heterocycles. The van der Waals surface area contributed by atoms with Crippen molar-refractivity contribution in [1.29, 1.82) is 0 Å². The van der Waals surface area contributed by atoms with E-state index in [1.54, 1.807) is 0 Å². The molecule has 0 aromatic heterocycles. The molecule has 0 aromatic rings. The molecule has 0 bridgehead atoms. The zero-order chi connectivity index (χ0) is 9.94. The minimum absolute atomic E-state index is 0.254. The van der Waals surface area contributed by atoms with Crippen LogP contribution in [-0.4, -0.2) is 11.6 Å². The predicted molar refractivity (Wildman–Crippen MR) is 56.4 cm³/mol. The van der Waals surface area contributed by atoms with Gasteiger partial charge in [0.2, 0.25) is 0 Å². The summed E-state index contributed by atoms with van der Waals surface area (Å²) in [6, 6.07) is 0.599. The topological polar surface area (TPSA) is 12.0 Å². The Hall–Kier alpha value is -0.0400. The molecule has 0 amide bonds. The first-order valence-corrected chi connectivity index (χ1v) is 5.05. The van der Waals surface area contributed by atoms with Gasteiger partial charge in [-0.3, -0.25) is 0 Å². The third-order valence-electron chi connectivity index (χ3n) is 3.04. The van der Waals surface area contributed by atoms with Crippen molar-refractivity contribution >= 4 is 0 Å². The van der Waals surface area contributed by atoms with Crippen LogP contribution >= 0.6 is 0 Å². The summed E-state index contributed by atoms with van der Waals surface area (Å²) in [6.45, 7) is 15.9. The number of rotatable bonds is 4. The van der Waals surface area contributed by atoms with Crippen molar-refractivity contribution in [3.8, 4) is 0 Å². The summed E-state index contributed by atoms with van der Waals surface area (Å²) in [4.78, 5) is 0. The minimum Gasteiger partial charge on any atom is -0.309 e. The van der Waals surface area contributed by atoms with Crippen LogP contribution in [0.1, 0.15) is 48.5 Å². The van der Waals surface area contributed by atoms with Crippen molar-refractivity contribution in [2.75, 3.05) is 0 Å². The van der Waals surface area contributed by atoms with Crippen LogP contribution in [0.4, 0.5) is 0 Å². The van der Waals surface area contributed by atoms with Gasteiger partial charge in [-0.1, -0.05) is 27.7 Å². The van der Waals surface area contributed by atoms with Crippen LogP contribution in [-0.2, 0) is 0 Å². The van der Waals surface area contributed by atoms with Gasteiger partial charge < -0.3 is 5.32 Å². The van der Waals surface area contributed by atoms with Gasteiger partial charge in [-0.25, -0.2) is 0 Å². The Balaban J connectivity index is 4.05. The van der Waals surface area contributed by atoms with E-state index in [0.29, 0.717) is 17.9 Å². The van der Waals surface area contributed by atoms with E-state index in [-0.39, 0.29) is 5.54 Å². The van der Waals surface area contributed by atoms with Crippen LogP contribution in [0.3, 0.4) is 0 Å². The lowest BCUT2D eigenvalue weighted by Gasteiger charge is -2.35. The van der Waals surface area contributed by atoms with E-state index in [0.717, 1.165) is 0 Å². The second-order valence-electron chi connectivity index (χ2n) is 5.05. The highest BCUT2D eigenvalue weighted by Gasteiger charge is 2.24. The van der Waals surface area contributed by atoms with E-state index in [4.69, 9.17) is 0 Å². The Labute approximate surface area is 77.9 Å². The summed E-state index contributed by atoms with van der Waals surface area (Å²) in [5, 5.41) is 3.66. The summed E-state index contributed by atoms with van der Waals surface area (Å²) < 4.78 is 0. The lowest BCUT2D eigenvalue weighted by atomic mass is 9.88. The molecule has 12 heavy (non-hydrogen) atoms. The standard InChI is InChI=1S/C11H25N/c1-8(2)10(5)12-11(6,7)9(3)4/h8-10,12H,1-7H3. The number of hydrogen-bond acceptors (Lipinski definition) is 1. The van der Waals surface area contributed by atoms with Gasteiger partial charge in [0.05, 0.1) is 0 Å². The molecule has 0 aliphatic rings. The van der Waals surface area contributed by atoms with Gasteiger partial charge in [-0.05, 0) is 32.6 Å². The summed E-state index contributed by atoms with van der Waals surface area (Å²) >= 11 is 0. The van der Waals surface area contributed by atoms with E-state index >= 15 is 0 Å². The van der Waals surface area contributed by atoms with Crippen LogP contribution < -0.4 is 5.32 Å². The quantitative estimate of drug-likeness (QED) is 0.685. The largest absolute Gasteiger partial charge is 0.309 e. The fraction of sp³-hybridized carbons (Fsp3) is 1.00. The molecule has 1 nitrogen and oxygen atoms in total. The molecule has 0 rings (SSSR count). The van der Waals surface area contributed by atoms with Gasteiger partial charge in [0, 0.05) is 11.6 Å². The second kappa shape index (κ2) is 4.27. The van der Waals surface area contributed by atoms with Crippen LogP contribution in [0.5, 0.6) is 0 Å². The fourth-order valence-corrected chi connectivity index (χ4v) is 0.920. The highest BCUT2D eigenvalue weighted by molar-refractivity contribution is 4.84. The van der Waals surface area contributed by atoms with Crippen molar-refractivity contribution in [2.24, 2.45) is 11.8 Å². The molecule has 0 saturated heterocycles. The maximum atomic E-state index is 3.66. The molecule has 0 aliphatic carbocycles. The first-order valence-electron chi connectivity index (χ1n) is 5.05. The number of nitrogens with one attached hydrogen (secondary N) is 1. The van der Waals surface area contributed by atoms with E-state index in [9.17, 15) is 0 Å². The Morgan fingerprint density at radius 3 is 1.58 bits per heavy atom. The van der Waals surface area contributed by atoms with Crippen molar-refractivity contribution in [1.82, 2.24) is 5.32 Å². The maximum absolute atomic E-state index is 3.66. The summed E-state index contributed by atoms with van der Waals surface area (Å²) in [5.74, 6) is 1.39. The summed E-state index contributed by atoms with van der Waals surface area (Å²) in [5.41, 5.74) is 0.254. The molecular formula is C11H25N. The van der Waals surface area contributed by atoms with Gasteiger partial charge in [-0.2, -0.15) is 0 Å². The molecule has 0 heterocycles. The normalized spacial score (nSPS) is 15.8. The lowest BCUT2D eigenvalue weighted by Crippen LogP contribution is -2.50. The smallest absolute Gasteiger partial charge is 0.0150 e. The van der Waals surface area contributed by atoms with Gasteiger partial charge >= 0.3 is 0 Å². The van der Waals surface area contributed by atoms with Crippen LogP contribution in [0.15, 0.2) is 0 Å². The third kappa shape index (κ3) is 3.57. The van der Waals surface area contributed by atoms with Gasteiger partial charge in [0.25, 0.3) is 0 Å². The first-order chi connectivity index (χ1) is 5.27. The van der Waals surface area contributed by atoms with Crippen molar-refractivity contribution in [3.63, 3.8) is 0 Å². The molecule has 0 saturated carbocycles. The average molecular weight is 171 g/mol. The zero-order valence-electron chi connectivity index (χ0n) is 9.73. The van der Waals surface area contributed by atoms with Crippen molar-refractivity contribution in [3.05, 3.63) is 0 Å². The monoisotopic (exact) mass is 171 g/mol. The molecule has 0 radical (unpaired) electrons. The van der Waals surface area contributed by atoms with E-state index in [2.05, 4.69) is 53.8 Å². The molecule has 74 valence electrons. The molecule has 1 unspecified atom stereocenters. The lowest BCUT2D eigenvalue weighted by molar-refractivity contribution is 0.235. The van der Waals surface area contributed by atoms with Crippen LogP contribution in [0, 0.1) is 11.8 Å².